The van der Waals surface area contributed by atoms with Crippen LogP contribution >= 0.6 is 7.82 Å². The summed E-state index contributed by atoms with van der Waals surface area (Å²) in [7, 11) is 1.31. The number of nitrogens with one attached hydrogen (secondary N) is 1. The predicted octanol–water partition coefficient (Wildman–Crippen LogP) is 18.5. The van der Waals surface area contributed by atoms with Crippen LogP contribution in [0.1, 0.15) is 316 Å². The molecule has 71 heavy (non-hydrogen) atoms. The van der Waals surface area contributed by atoms with E-state index in [4.69, 9.17) is 9.05 Å². The number of allylic oxidation sites excluding steroid dienone is 4. The first-order chi connectivity index (χ1) is 34.5. The number of phosphoric acid groups is 1. The van der Waals surface area contributed by atoms with Crippen LogP contribution in [0.2, 0.25) is 0 Å². The largest absolute Gasteiger partial charge is 0.756 e. The van der Waals surface area contributed by atoms with Gasteiger partial charge in [-0.1, -0.05) is 289 Å². The van der Waals surface area contributed by atoms with Crippen molar-refractivity contribution < 1.29 is 32.9 Å². The van der Waals surface area contributed by atoms with Crippen molar-refractivity contribution in [1.82, 2.24) is 5.32 Å². The number of aliphatic hydroxyl groups excluding tert-OH is 1. The molecule has 0 saturated carbocycles. The van der Waals surface area contributed by atoms with E-state index in [-0.39, 0.29) is 19.1 Å². The number of carbonyl (C=O) groups is 1. The van der Waals surface area contributed by atoms with Crippen LogP contribution in [0.5, 0.6) is 0 Å². The van der Waals surface area contributed by atoms with E-state index in [1.54, 1.807) is 0 Å². The molecular formula is C62H123N2O6P. The first kappa shape index (κ1) is 70.0. The summed E-state index contributed by atoms with van der Waals surface area (Å²) in [5.74, 6) is -0.165. The molecule has 0 aromatic heterocycles. The Kier molecular flexibility index (Phi) is 53.0. The van der Waals surface area contributed by atoms with E-state index in [2.05, 4.69) is 43.5 Å². The molecule has 3 atom stereocenters. The highest BCUT2D eigenvalue weighted by Gasteiger charge is 2.24. The van der Waals surface area contributed by atoms with E-state index in [0.717, 1.165) is 44.9 Å². The SMILES string of the molecule is CCCCC/C=C\C/C=C\CCCCCCCCCCCC(=O)NC(COP(=O)([O-])OCC[N+](C)(C)C)C(O)CCCCCCCCCCCCCCCCCCCCCCCCCCCCCCCC. The number of likely N-dealkylation sites (N-methyl/N-ethyl adjacent to an activating group) is 1. The van der Waals surface area contributed by atoms with Crippen molar-refractivity contribution in [2.24, 2.45) is 0 Å². The molecule has 0 aromatic rings. The summed E-state index contributed by atoms with van der Waals surface area (Å²) >= 11 is 0. The Morgan fingerprint density at radius 3 is 1.20 bits per heavy atom. The van der Waals surface area contributed by atoms with Gasteiger partial charge in [-0.25, -0.2) is 0 Å². The Morgan fingerprint density at radius 2 is 0.817 bits per heavy atom. The van der Waals surface area contributed by atoms with Gasteiger partial charge >= 0.3 is 0 Å². The van der Waals surface area contributed by atoms with Gasteiger partial charge in [-0.05, 0) is 44.9 Å². The van der Waals surface area contributed by atoms with Crippen LogP contribution in [-0.4, -0.2) is 68.5 Å². The Hall–Kier alpha value is -1.02. The smallest absolute Gasteiger partial charge is 0.268 e. The van der Waals surface area contributed by atoms with E-state index >= 15 is 0 Å². The zero-order valence-corrected chi connectivity index (χ0v) is 49.1. The molecule has 0 aromatic carbocycles. The minimum absolute atomic E-state index is 0.0126. The van der Waals surface area contributed by atoms with Crippen LogP contribution in [0.25, 0.3) is 0 Å². The van der Waals surface area contributed by atoms with Gasteiger partial charge in [0.15, 0.2) is 0 Å². The topological polar surface area (TPSA) is 108 Å². The molecule has 0 fully saturated rings. The lowest BCUT2D eigenvalue weighted by Crippen LogP contribution is -2.46. The summed E-state index contributed by atoms with van der Waals surface area (Å²) in [4.78, 5) is 25.6. The number of nitrogens with zero attached hydrogens (tertiary/aromatic N) is 1. The van der Waals surface area contributed by atoms with Crippen LogP contribution in [0.4, 0.5) is 0 Å². The average Bonchev–Trinajstić information content (AvgIpc) is 3.33. The maximum atomic E-state index is 13.0. The van der Waals surface area contributed by atoms with Gasteiger partial charge in [0.1, 0.15) is 13.2 Å². The molecule has 0 aliphatic carbocycles. The van der Waals surface area contributed by atoms with Crippen molar-refractivity contribution in [3.8, 4) is 0 Å². The first-order valence-corrected chi connectivity index (χ1v) is 32.6. The normalized spacial score (nSPS) is 14.0. The van der Waals surface area contributed by atoms with Crippen molar-refractivity contribution in [3.63, 3.8) is 0 Å². The molecule has 422 valence electrons. The maximum absolute atomic E-state index is 13.0. The zero-order chi connectivity index (χ0) is 52.0. The lowest BCUT2D eigenvalue weighted by atomic mass is 10.0. The third-order valence-corrected chi connectivity index (χ3v) is 15.4. The molecule has 0 bridgehead atoms. The summed E-state index contributed by atoms with van der Waals surface area (Å²) in [6.45, 7) is 4.74. The van der Waals surface area contributed by atoms with Gasteiger partial charge in [-0.2, -0.15) is 0 Å². The summed E-state index contributed by atoms with van der Waals surface area (Å²) < 4.78 is 23.5. The minimum Gasteiger partial charge on any atom is -0.756 e. The van der Waals surface area contributed by atoms with Crippen LogP contribution in [-0.2, 0) is 18.4 Å². The lowest BCUT2D eigenvalue weighted by Gasteiger charge is -2.30. The highest BCUT2D eigenvalue weighted by Crippen LogP contribution is 2.38. The van der Waals surface area contributed by atoms with Crippen molar-refractivity contribution >= 4 is 13.7 Å². The third kappa shape index (κ3) is 56.5. The summed E-state index contributed by atoms with van der Waals surface area (Å²) in [6.07, 6.45) is 68.0. The van der Waals surface area contributed by atoms with Crippen molar-refractivity contribution in [2.75, 3.05) is 40.9 Å². The van der Waals surface area contributed by atoms with Crippen molar-refractivity contribution in [1.29, 1.82) is 0 Å². The van der Waals surface area contributed by atoms with Gasteiger partial charge in [0, 0.05) is 6.42 Å². The summed E-state index contributed by atoms with van der Waals surface area (Å²) in [5, 5.41) is 14.1. The van der Waals surface area contributed by atoms with Crippen LogP contribution < -0.4 is 10.2 Å². The summed E-state index contributed by atoms with van der Waals surface area (Å²) in [5.41, 5.74) is 0. The first-order valence-electron chi connectivity index (χ1n) is 31.2. The number of hydrogen-bond donors (Lipinski definition) is 2. The second kappa shape index (κ2) is 53.8. The van der Waals surface area contributed by atoms with Gasteiger partial charge in [0.25, 0.3) is 7.82 Å². The Labute approximate surface area is 443 Å². The Morgan fingerprint density at radius 1 is 0.493 bits per heavy atom. The number of amides is 1. The van der Waals surface area contributed by atoms with E-state index in [1.165, 1.54) is 244 Å². The standard InChI is InChI=1S/C62H123N2O6P/c1-6-8-10-12-14-16-18-20-22-24-26-27-28-29-30-31-32-33-34-35-36-38-39-41-43-45-47-49-51-53-55-61(65)60(59-70-71(67,68)69-58-57-64(3,4)5)63-62(66)56-54-52-50-48-46-44-42-40-37-25-23-21-19-17-15-13-11-9-7-2/h15,17,21,23,60-61,65H,6-14,16,18-20,22,24-59H2,1-5H3,(H-,63,66,67,68)/b17-15-,23-21-. The van der Waals surface area contributed by atoms with E-state index in [9.17, 15) is 19.4 Å². The molecule has 0 heterocycles. The molecule has 9 heteroatoms. The fourth-order valence-electron chi connectivity index (χ4n) is 9.54. The molecule has 1 amide bonds. The zero-order valence-electron chi connectivity index (χ0n) is 48.2. The Balaban J connectivity index is 4.05. The molecule has 0 saturated heterocycles. The fourth-order valence-corrected chi connectivity index (χ4v) is 10.3. The number of aliphatic hydroxyl groups is 1. The number of unbranched alkanes of at least 4 members (excludes halogenated alkanes) is 41. The molecule has 2 N–H and O–H groups in total. The molecule has 0 radical (unpaired) electrons. The minimum atomic E-state index is -4.58. The highest BCUT2D eigenvalue weighted by molar-refractivity contribution is 7.45. The fraction of sp³-hybridized carbons (Fsp3) is 0.919. The van der Waals surface area contributed by atoms with E-state index < -0.39 is 20.0 Å². The van der Waals surface area contributed by atoms with E-state index in [1.807, 2.05) is 21.1 Å². The number of carbonyl (C=O) groups excluding carboxylic acids is 1. The van der Waals surface area contributed by atoms with E-state index in [0.29, 0.717) is 23.9 Å². The van der Waals surface area contributed by atoms with Crippen LogP contribution in [0, 0.1) is 0 Å². The summed E-state index contributed by atoms with van der Waals surface area (Å²) in [6, 6.07) is -0.803. The number of hydrogen-bond acceptors (Lipinski definition) is 6. The van der Waals surface area contributed by atoms with Gasteiger partial charge in [-0.15, -0.1) is 0 Å². The number of quaternary nitrogens is 1. The quantitative estimate of drug-likeness (QED) is 0.0272. The lowest BCUT2D eigenvalue weighted by molar-refractivity contribution is -0.870. The van der Waals surface area contributed by atoms with Gasteiger partial charge < -0.3 is 28.8 Å². The van der Waals surface area contributed by atoms with Gasteiger partial charge in [-0.3, -0.25) is 9.36 Å². The number of phosphoric ester groups is 1. The molecule has 0 aliphatic rings. The molecular weight excluding hydrogens is 900 g/mol. The second-order valence-corrected chi connectivity index (χ2v) is 24.2. The van der Waals surface area contributed by atoms with Crippen LogP contribution in [0.3, 0.4) is 0 Å². The predicted molar refractivity (Wildman–Crippen MR) is 307 cm³/mol. The number of rotatable bonds is 58. The second-order valence-electron chi connectivity index (χ2n) is 22.8. The maximum Gasteiger partial charge on any atom is 0.268 e. The van der Waals surface area contributed by atoms with Gasteiger partial charge in [0.2, 0.25) is 5.91 Å². The molecule has 0 rings (SSSR count). The van der Waals surface area contributed by atoms with Gasteiger partial charge in [0.05, 0.1) is 39.9 Å². The third-order valence-electron chi connectivity index (χ3n) is 14.4. The average molecular weight is 1020 g/mol. The Bertz CT molecular complexity index is 1210. The van der Waals surface area contributed by atoms with Crippen molar-refractivity contribution in [3.05, 3.63) is 24.3 Å². The highest BCUT2D eigenvalue weighted by atomic mass is 31.2. The van der Waals surface area contributed by atoms with Crippen molar-refractivity contribution in [2.45, 2.75) is 328 Å². The molecule has 3 unspecified atom stereocenters. The molecule has 0 aliphatic heterocycles. The van der Waals surface area contributed by atoms with Crippen LogP contribution in [0.15, 0.2) is 24.3 Å². The molecule has 8 nitrogen and oxygen atoms in total. The molecule has 0 spiro atoms. The monoisotopic (exact) mass is 1020 g/mol.